The Balaban J connectivity index is 2.14. The van der Waals surface area contributed by atoms with Gasteiger partial charge in [0.1, 0.15) is 22.2 Å². The lowest BCUT2D eigenvalue weighted by molar-refractivity contribution is 0.392. The van der Waals surface area contributed by atoms with Crippen molar-refractivity contribution in [2.45, 2.75) is 25.2 Å². The monoisotopic (exact) mass is 379 g/mol. The second kappa shape index (κ2) is 8.75. The van der Waals surface area contributed by atoms with E-state index >= 15 is 0 Å². The van der Waals surface area contributed by atoms with Gasteiger partial charge in [-0.3, -0.25) is 4.72 Å². The maximum absolute atomic E-state index is 12.7. The van der Waals surface area contributed by atoms with E-state index in [1.165, 1.54) is 20.3 Å². The molecule has 0 radical (unpaired) electrons. The molecule has 0 bridgehead atoms. The molecule has 1 aromatic carbocycles. The zero-order valence-electron chi connectivity index (χ0n) is 15.4. The second-order valence-corrected chi connectivity index (χ2v) is 7.81. The summed E-state index contributed by atoms with van der Waals surface area (Å²) in [5.74, 6) is 1.48. The Morgan fingerprint density at radius 1 is 1.12 bits per heavy atom. The summed E-state index contributed by atoms with van der Waals surface area (Å²) >= 11 is 0. The van der Waals surface area contributed by atoms with Crippen LogP contribution < -0.4 is 19.5 Å². The number of nitrogens with one attached hydrogen (secondary N) is 2. The van der Waals surface area contributed by atoms with Crippen LogP contribution in [0, 0.1) is 5.92 Å². The Morgan fingerprint density at radius 3 is 2.46 bits per heavy atom. The molecule has 8 heteroatoms. The minimum absolute atomic E-state index is 0.0136. The van der Waals surface area contributed by atoms with Crippen LogP contribution in [0.2, 0.25) is 0 Å². The van der Waals surface area contributed by atoms with Crippen molar-refractivity contribution in [2.24, 2.45) is 5.92 Å². The highest BCUT2D eigenvalue weighted by Crippen LogP contribution is 2.29. The maximum atomic E-state index is 12.7. The molecule has 0 atom stereocenters. The normalized spacial score (nSPS) is 11.3. The first-order valence-electron chi connectivity index (χ1n) is 8.30. The van der Waals surface area contributed by atoms with Gasteiger partial charge in [-0.1, -0.05) is 13.8 Å². The number of aromatic nitrogens is 1. The topological polar surface area (TPSA) is 89.5 Å². The highest BCUT2D eigenvalue weighted by Gasteiger charge is 2.21. The average molecular weight is 379 g/mol. The number of hydrogen-bond donors (Lipinski definition) is 2. The molecule has 26 heavy (non-hydrogen) atoms. The van der Waals surface area contributed by atoms with E-state index in [9.17, 15) is 8.42 Å². The number of ether oxygens (including phenoxy) is 2. The quantitative estimate of drug-likeness (QED) is 0.694. The van der Waals surface area contributed by atoms with Gasteiger partial charge in [-0.05, 0) is 36.6 Å². The van der Waals surface area contributed by atoms with Crippen molar-refractivity contribution >= 4 is 21.5 Å². The van der Waals surface area contributed by atoms with Crippen LogP contribution in [-0.2, 0) is 10.0 Å². The number of sulfonamides is 1. The first kappa shape index (κ1) is 19.8. The fourth-order valence-electron chi connectivity index (χ4n) is 2.25. The number of methoxy groups -OCH3 is 2. The predicted octanol–water partition coefficient (Wildman–Crippen LogP) is 3.36. The number of benzene rings is 1. The molecule has 0 fully saturated rings. The van der Waals surface area contributed by atoms with E-state index in [0.29, 0.717) is 11.7 Å². The Kier molecular flexibility index (Phi) is 6.68. The standard InChI is InChI=1S/C18H25N3O4S/c1-13(2)9-10-19-14-5-8-18(20-12-14)21-26(22,23)17-11-15(24-3)6-7-16(17)25-4/h5-8,11-13,19H,9-10H2,1-4H3,(H,20,21). The van der Waals surface area contributed by atoms with E-state index < -0.39 is 10.0 Å². The van der Waals surface area contributed by atoms with Gasteiger partial charge in [0.2, 0.25) is 0 Å². The third-order valence-electron chi connectivity index (χ3n) is 3.71. The summed E-state index contributed by atoms with van der Waals surface area (Å²) in [4.78, 5) is 4.15. The molecular formula is C18H25N3O4S. The molecule has 0 aliphatic rings. The minimum Gasteiger partial charge on any atom is -0.497 e. The lowest BCUT2D eigenvalue weighted by atomic mass is 10.1. The van der Waals surface area contributed by atoms with Crippen LogP contribution in [0.25, 0.3) is 0 Å². The number of anilines is 2. The molecule has 0 saturated heterocycles. The Bertz CT molecular complexity index is 821. The Hall–Kier alpha value is -2.48. The fourth-order valence-corrected chi connectivity index (χ4v) is 3.44. The lowest BCUT2D eigenvalue weighted by Gasteiger charge is -2.13. The number of nitrogens with zero attached hydrogens (tertiary/aromatic N) is 1. The number of rotatable bonds is 9. The summed E-state index contributed by atoms with van der Waals surface area (Å²) < 4.78 is 38.1. The molecule has 2 N–H and O–H groups in total. The van der Waals surface area contributed by atoms with Gasteiger partial charge in [0.25, 0.3) is 10.0 Å². The zero-order chi connectivity index (χ0) is 19.2. The average Bonchev–Trinajstić information content (AvgIpc) is 2.62. The summed E-state index contributed by atoms with van der Waals surface area (Å²) in [6.07, 6.45) is 2.64. The summed E-state index contributed by atoms with van der Waals surface area (Å²) in [7, 11) is -0.984. The second-order valence-electron chi connectivity index (χ2n) is 6.16. The number of pyridine rings is 1. The van der Waals surface area contributed by atoms with Crippen LogP contribution in [-0.4, -0.2) is 34.2 Å². The molecule has 142 valence electrons. The van der Waals surface area contributed by atoms with E-state index in [0.717, 1.165) is 18.7 Å². The molecule has 0 aliphatic heterocycles. The molecule has 0 aliphatic carbocycles. The van der Waals surface area contributed by atoms with E-state index in [-0.39, 0.29) is 16.5 Å². The smallest absolute Gasteiger partial charge is 0.266 e. The van der Waals surface area contributed by atoms with Crippen LogP contribution in [0.3, 0.4) is 0 Å². The summed E-state index contributed by atoms with van der Waals surface area (Å²) in [6, 6.07) is 7.98. The van der Waals surface area contributed by atoms with Crippen molar-refractivity contribution in [3.63, 3.8) is 0 Å². The van der Waals surface area contributed by atoms with Gasteiger partial charge in [0, 0.05) is 12.6 Å². The molecule has 7 nitrogen and oxygen atoms in total. The molecule has 1 heterocycles. The van der Waals surface area contributed by atoms with Gasteiger partial charge in [-0.2, -0.15) is 0 Å². The van der Waals surface area contributed by atoms with Crippen LogP contribution in [0.15, 0.2) is 41.4 Å². The van der Waals surface area contributed by atoms with Gasteiger partial charge in [-0.25, -0.2) is 13.4 Å². The first-order chi connectivity index (χ1) is 12.4. The maximum Gasteiger partial charge on any atom is 0.266 e. The van der Waals surface area contributed by atoms with E-state index in [2.05, 4.69) is 28.9 Å². The van der Waals surface area contributed by atoms with Gasteiger partial charge in [0.05, 0.1) is 26.1 Å². The molecule has 0 saturated carbocycles. The summed E-state index contributed by atoms with van der Waals surface area (Å²) in [6.45, 7) is 5.15. The molecule has 0 amide bonds. The van der Waals surface area contributed by atoms with Crippen molar-refractivity contribution in [3.05, 3.63) is 36.5 Å². The van der Waals surface area contributed by atoms with Gasteiger partial charge >= 0.3 is 0 Å². The van der Waals surface area contributed by atoms with E-state index in [4.69, 9.17) is 9.47 Å². The first-order valence-corrected chi connectivity index (χ1v) is 9.79. The fraction of sp³-hybridized carbons (Fsp3) is 0.389. The van der Waals surface area contributed by atoms with Crippen LogP contribution in [0.1, 0.15) is 20.3 Å². The van der Waals surface area contributed by atoms with E-state index in [1.54, 1.807) is 30.5 Å². The Morgan fingerprint density at radius 2 is 1.88 bits per heavy atom. The predicted molar refractivity (Wildman–Crippen MR) is 103 cm³/mol. The molecule has 2 aromatic rings. The van der Waals surface area contributed by atoms with Gasteiger partial charge in [-0.15, -0.1) is 0 Å². The highest BCUT2D eigenvalue weighted by atomic mass is 32.2. The van der Waals surface area contributed by atoms with Crippen molar-refractivity contribution in [1.82, 2.24) is 4.98 Å². The molecule has 0 unspecified atom stereocenters. The Labute approximate surface area is 154 Å². The molecule has 1 aromatic heterocycles. The minimum atomic E-state index is -3.87. The summed E-state index contributed by atoms with van der Waals surface area (Å²) in [5, 5.41) is 3.25. The summed E-state index contributed by atoms with van der Waals surface area (Å²) in [5.41, 5.74) is 0.840. The van der Waals surface area contributed by atoms with Crippen molar-refractivity contribution in [3.8, 4) is 11.5 Å². The van der Waals surface area contributed by atoms with Crippen molar-refractivity contribution < 1.29 is 17.9 Å². The van der Waals surface area contributed by atoms with Crippen LogP contribution in [0.4, 0.5) is 11.5 Å². The SMILES string of the molecule is COc1ccc(OC)c(S(=O)(=O)Nc2ccc(NCCC(C)C)cn2)c1. The molecule has 2 rings (SSSR count). The van der Waals surface area contributed by atoms with Gasteiger partial charge in [0.15, 0.2) is 0 Å². The zero-order valence-corrected chi connectivity index (χ0v) is 16.3. The largest absolute Gasteiger partial charge is 0.497 e. The van der Waals surface area contributed by atoms with E-state index in [1.807, 2.05) is 0 Å². The molecule has 0 spiro atoms. The van der Waals surface area contributed by atoms with Crippen molar-refractivity contribution in [2.75, 3.05) is 30.8 Å². The van der Waals surface area contributed by atoms with Gasteiger partial charge < -0.3 is 14.8 Å². The highest BCUT2D eigenvalue weighted by molar-refractivity contribution is 7.92. The third kappa shape index (κ3) is 5.26. The number of hydrogen-bond acceptors (Lipinski definition) is 6. The lowest BCUT2D eigenvalue weighted by Crippen LogP contribution is -2.15. The van der Waals surface area contributed by atoms with Crippen LogP contribution >= 0.6 is 0 Å². The van der Waals surface area contributed by atoms with Crippen molar-refractivity contribution in [1.29, 1.82) is 0 Å². The van der Waals surface area contributed by atoms with Crippen LogP contribution in [0.5, 0.6) is 11.5 Å². The molecular weight excluding hydrogens is 354 g/mol. The third-order valence-corrected chi connectivity index (χ3v) is 5.09.